The quantitative estimate of drug-likeness (QED) is 0.486. The van der Waals surface area contributed by atoms with E-state index in [0.29, 0.717) is 12.1 Å². The van der Waals surface area contributed by atoms with Crippen LogP contribution >= 0.6 is 11.6 Å². The summed E-state index contributed by atoms with van der Waals surface area (Å²) >= 11 is 6.07. The summed E-state index contributed by atoms with van der Waals surface area (Å²) in [5.74, 6) is -1.49. The van der Waals surface area contributed by atoms with E-state index in [1.54, 1.807) is 51.1 Å². The molecule has 0 saturated carbocycles. The van der Waals surface area contributed by atoms with Gasteiger partial charge in [-0.15, -0.1) is 0 Å². The second kappa shape index (κ2) is 9.19. The lowest BCUT2D eigenvalue weighted by atomic mass is 9.84. The van der Waals surface area contributed by atoms with E-state index >= 15 is 0 Å². The lowest BCUT2D eigenvalue weighted by Crippen LogP contribution is -2.46. The van der Waals surface area contributed by atoms with Gasteiger partial charge in [0.15, 0.2) is 5.60 Å². The van der Waals surface area contributed by atoms with Gasteiger partial charge in [-0.05, 0) is 30.5 Å². The molecular formula is C21H25ClN2O4. The van der Waals surface area contributed by atoms with Gasteiger partial charge in [-0.25, -0.2) is 4.79 Å². The lowest BCUT2D eigenvalue weighted by molar-refractivity contribution is -0.139. The molecule has 2 aromatic carbocycles. The topological polar surface area (TPSA) is 102 Å². The Morgan fingerprint density at radius 1 is 1.21 bits per heavy atom. The highest BCUT2D eigenvalue weighted by molar-refractivity contribution is 6.30. The smallest absolute Gasteiger partial charge is 0.328 e. The summed E-state index contributed by atoms with van der Waals surface area (Å²) in [6, 6.07) is 11.9. The van der Waals surface area contributed by atoms with Crippen LogP contribution in [-0.4, -0.2) is 29.6 Å². The number of nitrogens with two attached hydrogens (primary N) is 1. The highest BCUT2D eigenvalue weighted by Crippen LogP contribution is 2.38. The molecule has 2 rings (SSSR count). The van der Waals surface area contributed by atoms with Crippen LogP contribution in [0.2, 0.25) is 5.02 Å². The first-order valence-electron chi connectivity index (χ1n) is 9.05. The average molecular weight is 405 g/mol. The molecule has 0 radical (unpaired) electrons. The standard InChI is InChI=1S/C21H25ClN2O4/c1-4-24-20(26)21(27,14-8-6-5-7-9-14)16-11-10-15(22)12-17(16)28-19(25)18(23)13(2)3/h5-13,18,27H,4,23H2,1-3H3,(H,24,26)/t18-,21-/m0/s1. The van der Waals surface area contributed by atoms with Crippen molar-refractivity contribution in [3.63, 3.8) is 0 Å². The number of ether oxygens (including phenoxy) is 1. The highest BCUT2D eigenvalue weighted by Gasteiger charge is 2.42. The minimum Gasteiger partial charge on any atom is -0.425 e. The Balaban J connectivity index is 2.61. The van der Waals surface area contributed by atoms with Crippen molar-refractivity contribution in [1.29, 1.82) is 0 Å². The molecule has 2 atom stereocenters. The van der Waals surface area contributed by atoms with Gasteiger partial charge in [0.2, 0.25) is 0 Å². The average Bonchev–Trinajstić information content (AvgIpc) is 2.67. The number of aliphatic hydroxyl groups is 1. The van der Waals surface area contributed by atoms with Crippen molar-refractivity contribution in [2.45, 2.75) is 32.4 Å². The van der Waals surface area contributed by atoms with E-state index in [2.05, 4.69) is 5.32 Å². The molecule has 150 valence electrons. The molecule has 0 aliphatic heterocycles. The summed E-state index contributed by atoms with van der Waals surface area (Å²) in [4.78, 5) is 25.3. The third-order valence-corrected chi connectivity index (χ3v) is 4.63. The Morgan fingerprint density at radius 3 is 2.43 bits per heavy atom. The number of hydrogen-bond donors (Lipinski definition) is 3. The molecule has 0 bridgehead atoms. The zero-order valence-electron chi connectivity index (χ0n) is 16.1. The summed E-state index contributed by atoms with van der Waals surface area (Å²) in [5.41, 5.74) is 4.21. The van der Waals surface area contributed by atoms with Crippen molar-refractivity contribution < 1.29 is 19.4 Å². The molecule has 0 aliphatic rings. The zero-order chi connectivity index (χ0) is 20.9. The number of halogens is 1. The third-order valence-electron chi connectivity index (χ3n) is 4.39. The summed E-state index contributed by atoms with van der Waals surface area (Å²) in [5, 5.41) is 14.4. The second-order valence-corrected chi connectivity index (χ2v) is 7.20. The zero-order valence-corrected chi connectivity index (χ0v) is 16.9. The largest absolute Gasteiger partial charge is 0.425 e. The predicted molar refractivity (Wildman–Crippen MR) is 108 cm³/mol. The van der Waals surface area contributed by atoms with E-state index in [1.807, 2.05) is 0 Å². The molecular weight excluding hydrogens is 380 g/mol. The SMILES string of the molecule is CCNC(=O)[C@](O)(c1ccccc1)c1ccc(Cl)cc1OC(=O)[C@@H](N)C(C)C. The second-order valence-electron chi connectivity index (χ2n) is 6.77. The molecule has 7 heteroatoms. The Morgan fingerprint density at radius 2 is 1.86 bits per heavy atom. The molecule has 0 unspecified atom stereocenters. The molecule has 28 heavy (non-hydrogen) atoms. The number of rotatable bonds is 7. The molecule has 0 saturated heterocycles. The Labute approximate surface area is 169 Å². The lowest BCUT2D eigenvalue weighted by Gasteiger charge is -2.29. The highest BCUT2D eigenvalue weighted by atomic mass is 35.5. The van der Waals surface area contributed by atoms with Gasteiger partial charge in [-0.3, -0.25) is 4.79 Å². The molecule has 0 aromatic heterocycles. The van der Waals surface area contributed by atoms with Crippen molar-refractivity contribution in [3.8, 4) is 5.75 Å². The number of carbonyl (C=O) groups excluding carboxylic acids is 2. The van der Waals surface area contributed by atoms with Gasteiger partial charge in [-0.1, -0.05) is 61.8 Å². The maximum atomic E-state index is 12.9. The fourth-order valence-electron chi connectivity index (χ4n) is 2.70. The van der Waals surface area contributed by atoms with Gasteiger partial charge in [0.05, 0.1) is 0 Å². The van der Waals surface area contributed by atoms with Crippen molar-refractivity contribution in [1.82, 2.24) is 5.32 Å². The minimum absolute atomic E-state index is 0.0220. The Kier molecular flexibility index (Phi) is 7.18. The molecule has 0 spiro atoms. The summed E-state index contributed by atoms with van der Waals surface area (Å²) in [6.45, 7) is 5.64. The first kappa shape index (κ1) is 21.9. The Hall–Kier alpha value is -2.41. The molecule has 2 aromatic rings. The Bertz CT molecular complexity index is 842. The van der Waals surface area contributed by atoms with E-state index in [9.17, 15) is 14.7 Å². The van der Waals surface area contributed by atoms with Crippen LogP contribution in [0.4, 0.5) is 0 Å². The van der Waals surface area contributed by atoms with E-state index < -0.39 is 23.5 Å². The van der Waals surface area contributed by atoms with Gasteiger partial charge in [0.25, 0.3) is 5.91 Å². The molecule has 0 heterocycles. The fraction of sp³-hybridized carbons (Fsp3) is 0.333. The van der Waals surface area contributed by atoms with Crippen LogP contribution in [0, 0.1) is 5.92 Å². The number of likely N-dealkylation sites (N-methyl/N-ethyl adjacent to an activating group) is 1. The molecule has 4 N–H and O–H groups in total. The number of hydrogen-bond acceptors (Lipinski definition) is 5. The molecule has 1 amide bonds. The number of benzene rings is 2. The first-order chi connectivity index (χ1) is 13.2. The van der Waals surface area contributed by atoms with Crippen molar-refractivity contribution in [2.75, 3.05) is 6.54 Å². The van der Waals surface area contributed by atoms with Crippen LogP contribution in [0.1, 0.15) is 31.9 Å². The summed E-state index contributed by atoms with van der Waals surface area (Å²) < 4.78 is 5.46. The number of carbonyl (C=O) groups is 2. The van der Waals surface area contributed by atoms with Gasteiger partial charge in [0, 0.05) is 17.1 Å². The van der Waals surface area contributed by atoms with Crippen molar-refractivity contribution in [2.24, 2.45) is 11.7 Å². The van der Waals surface area contributed by atoms with Crippen molar-refractivity contribution >= 4 is 23.5 Å². The van der Waals surface area contributed by atoms with E-state index in [-0.39, 0.29) is 22.3 Å². The minimum atomic E-state index is -2.08. The molecule has 6 nitrogen and oxygen atoms in total. The number of esters is 1. The van der Waals surface area contributed by atoms with Crippen LogP contribution in [0.3, 0.4) is 0 Å². The first-order valence-corrected chi connectivity index (χ1v) is 9.43. The van der Waals surface area contributed by atoms with E-state index in [4.69, 9.17) is 22.1 Å². The van der Waals surface area contributed by atoms with Crippen LogP contribution in [-0.2, 0) is 15.2 Å². The predicted octanol–water partition coefficient (Wildman–Crippen LogP) is 2.60. The van der Waals surface area contributed by atoms with E-state index in [0.717, 1.165) is 0 Å². The van der Waals surface area contributed by atoms with Gasteiger partial charge in [0.1, 0.15) is 11.8 Å². The third kappa shape index (κ3) is 4.52. The fourth-order valence-corrected chi connectivity index (χ4v) is 2.87. The van der Waals surface area contributed by atoms with Crippen LogP contribution in [0.15, 0.2) is 48.5 Å². The monoisotopic (exact) mass is 404 g/mol. The summed E-state index contributed by atoms with van der Waals surface area (Å²) in [6.07, 6.45) is 0. The van der Waals surface area contributed by atoms with E-state index in [1.165, 1.54) is 18.2 Å². The maximum absolute atomic E-state index is 12.9. The normalized spacial score (nSPS) is 14.2. The molecule has 0 fully saturated rings. The maximum Gasteiger partial charge on any atom is 0.328 e. The summed E-state index contributed by atoms with van der Waals surface area (Å²) in [7, 11) is 0. The number of nitrogens with one attached hydrogen (secondary N) is 1. The van der Waals surface area contributed by atoms with Crippen molar-refractivity contribution in [3.05, 3.63) is 64.7 Å². The van der Waals surface area contributed by atoms with Gasteiger partial charge >= 0.3 is 5.97 Å². The number of amides is 1. The molecule has 0 aliphatic carbocycles. The van der Waals surface area contributed by atoms with Gasteiger partial charge in [-0.2, -0.15) is 0 Å². The van der Waals surface area contributed by atoms with Crippen LogP contribution < -0.4 is 15.8 Å². The van der Waals surface area contributed by atoms with Gasteiger partial charge < -0.3 is 20.9 Å². The van der Waals surface area contributed by atoms with Crippen LogP contribution in [0.25, 0.3) is 0 Å². The van der Waals surface area contributed by atoms with Crippen LogP contribution in [0.5, 0.6) is 5.75 Å².